The van der Waals surface area contributed by atoms with Crippen LogP contribution < -0.4 is 0 Å². The topological polar surface area (TPSA) is 23.9 Å². The molecule has 0 unspecified atom stereocenters. The molecule has 1 nitrogen and oxygen atoms in total. The Labute approximate surface area is 68.7 Å². The summed E-state index contributed by atoms with van der Waals surface area (Å²) in [5, 5.41) is 7.89. The van der Waals surface area contributed by atoms with E-state index >= 15 is 0 Å². The highest BCUT2D eigenvalue weighted by Crippen LogP contribution is 2.63. The maximum absolute atomic E-state index is 7.89. The maximum atomic E-state index is 7.89. The Bertz CT molecular complexity index is 217. The van der Waals surface area contributed by atoms with E-state index in [0.29, 0.717) is 5.41 Å². The van der Waals surface area contributed by atoms with Gasteiger partial charge in [0.15, 0.2) is 0 Å². The average Bonchev–Trinajstić information content (AvgIpc) is 2.20. The van der Waals surface area contributed by atoms with Gasteiger partial charge < -0.3 is 5.41 Å². The molecule has 1 N–H and O–H groups in total. The molecular formula is C10H17N. The van der Waals surface area contributed by atoms with E-state index in [-0.39, 0.29) is 5.41 Å². The van der Waals surface area contributed by atoms with E-state index in [9.17, 15) is 0 Å². The first-order valence-electron chi connectivity index (χ1n) is 4.56. The Kier molecular flexibility index (Phi) is 1.13. The second-order valence-electron chi connectivity index (χ2n) is 4.97. The fraction of sp³-hybridized carbons (Fsp3) is 0.900. The van der Waals surface area contributed by atoms with Crippen LogP contribution >= 0.6 is 0 Å². The average molecular weight is 151 g/mol. The third kappa shape index (κ3) is 0.605. The van der Waals surface area contributed by atoms with E-state index in [2.05, 4.69) is 20.8 Å². The van der Waals surface area contributed by atoms with Crippen molar-refractivity contribution in [1.82, 2.24) is 0 Å². The molecule has 62 valence electrons. The third-order valence-corrected chi connectivity index (χ3v) is 4.55. The lowest BCUT2D eigenvalue weighted by Gasteiger charge is -2.34. The predicted octanol–water partition coefficient (Wildman–Crippen LogP) is 2.85. The maximum Gasteiger partial charge on any atom is 0.0156 e. The zero-order chi connectivity index (χ0) is 8.28. The van der Waals surface area contributed by atoms with E-state index in [4.69, 9.17) is 5.41 Å². The molecule has 2 aliphatic rings. The zero-order valence-corrected chi connectivity index (χ0v) is 7.70. The van der Waals surface area contributed by atoms with Gasteiger partial charge in [0.05, 0.1) is 0 Å². The van der Waals surface area contributed by atoms with Crippen molar-refractivity contribution in [3.05, 3.63) is 0 Å². The van der Waals surface area contributed by atoms with Gasteiger partial charge in [0, 0.05) is 11.1 Å². The number of hydrogen-bond acceptors (Lipinski definition) is 1. The fourth-order valence-corrected chi connectivity index (χ4v) is 2.97. The van der Waals surface area contributed by atoms with Crippen LogP contribution in [0.15, 0.2) is 0 Å². The molecule has 2 atom stereocenters. The molecule has 2 rings (SSSR count). The summed E-state index contributed by atoms with van der Waals surface area (Å²) in [4.78, 5) is 0. The van der Waals surface area contributed by atoms with Gasteiger partial charge in [-0.2, -0.15) is 0 Å². The van der Waals surface area contributed by atoms with Gasteiger partial charge in [-0.15, -0.1) is 0 Å². The molecule has 2 fully saturated rings. The number of hydrogen-bond donors (Lipinski definition) is 1. The SMILES string of the molecule is CC1(C)[C@@H]2CC[C@]1(C)C(=N)C2. The van der Waals surface area contributed by atoms with Crippen LogP contribution in [0.5, 0.6) is 0 Å². The monoisotopic (exact) mass is 151 g/mol. The summed E-state index contributed by atoms with van der Waals surface area (Å²) < 4.78 is 0. The molecule has 2 bridgehead atoms. The first-order valence-corrected chi connectivity index (χ1v) is 4.56. The van der Waals surface area contributed by atoms with Crippen molar-refractivity contribution in [2.75, 3.05) is 0 Å². The summed E-state index contributed by atoms with van der Waals surface area (Å²) in [5.41, 5.74) is 1.67. The first kappa shape index (κ1) is 7.33. The first-order chi connectivity index (χ1) is 4.98. The van der Waals surface area contributed by atoms with Crippen molar-refractivity contribution in [1.29, 1.82) is 5.41 Å². The van der Waals surface area contributed by atoms with Crippen molar-refractivity contribution in [3.8, 4) is 0 Å². The van der Waals surface area contributed by atoms with Crippen molar-refractivity contribution in [2.24, 2.45) is 16.7 Å². The molecule has 0 aromatic rings. The predicted molar refractivity (Wildman–Crippen MR) is 47.0 cm³/mol. The smallest absolute Gasteiger partial charge is 0.0156 e. The zero-order valence-electron chi connectivity index (χ0n) is 7.70. The lowest BCUT2D eigenvalue weighted by molar-refractivity contribution is 0.193. The molecule has 2 aliphatic carbocycles. The molecule has 0 aromatic heterocycles. The van der Waals surface area contributed by atoms with Gasteiger partial charge in [-0.3, -0.25) is 0 Å². The Hall–Kier alpha value is -0.330. The molecule has 2 saturated carbocycles. The van der Waals surface area contributed by atoms with Crippen LogP contribution in [0.3, 0.4) is 0 Å². The summed E-state index contributed by atoms with van der Waals surface area (Å²) in [5.74, 6) is 0.806. The van der Waals surface area contributed by atoms with E-state index in [1.807, 2.05) is 0 Å². The normalized spacial score (nSPS) is 46.8. The van der Waals surface area contributed by atoms with Crippen LogP contribution in [-0.4, -0.2) is 5.71 Å². The van der Waals surface area contributed by atoms with Crippen LogP contribution in [0.2, 0.25) is 0 Å². The van der Waals surface area contributed by atoms with Crippen LogP contribution in [0.1, 0.15) is 40.0 Å². The minimum Gasteiger partial charge on any atom is -0.309 e. The molecule has 0 saturated heterocycles. The molecule has 0 radical (unpaired) electrons. The standard InChI is InChI=1S/C10H17N/c1-9(2)7-4-5-10(9,3)8(11)6-7/h7,11H,4-6H2,1-3H3/t7-,10-/m1/s1. The Morgan fingerprint density at radius 2 is 2.00 bits per heavy atom. The molecule has 1 heteroatoms. The molecule has 0 amide bonds. The van der Waals surface area contributed by atoms with Crippen LogP contribution in [-0.2, 0) is 0 Å². The number of nitrogens with one attached hydrogen (secondary N) is 1. The fourth-order valence-electron chi connectivity index (χ4n) is 2.97. The molecule has 11 heavy (non-hydrogen) atoms. The molecular weight excluding hydrogens is 134 g/mol. The van der Waals surface area contributed by atoms with Gasteiger partial charge >= 0.3 is 0 Å². The minimum absolute atomic E-state index is 0.248. The van der Waals surface area contributed by atoms with E-state index in [1.165, 1.54) is 12.8 Å². The van der Waals surface area contributed by atoms with Crippen molar-refractivity contribution in [3.63, 3.8) is 0 Å². The Morgan fingerprint density at radius 1 is 1.36 bits per heavy atom. The van der Waals surface area contributed by atoms with Gasteiger partial charge in [-0.1, -0.05) is 20.8 Å². The number of rotatable bonds is 0. The molecule has 0 aliphatic heterocycles. The van der Waals surface area contributed by atoms with E-state index < -0.39 is 0 Å². The van der Waals surface area contributed by atoms with E-state index in [0.717, 1.165) is 18.1 Å². The third-order valence-electron chi connectivity index (χ3n) is 4.55. The summed E-state index contributed by atoms with van der Waals surface area (Å²) in [6.07, 6.45) is 3.68. The summed E-state index contributed by atoms with van der Waals surface area (Å²) in [6, 6.07) is 0. The second kappa shape index (κ2) is 1.70. The van der Waals surface area contributed by atoms with Crippen LogP contribution in [0.25, 0.3) is 0 Å². The van der Waals surface area contributed by atoms with E-state index in [1.54, 1.807) is 0 Å². The largest absolute Gasteiger partial charge is 0.309 e. The van der Waals surface area contributed by atoms with Crippen molar-refractivity contribution >= 4 is 5.71 Å². The van der Waals surface area contributed by atoms with Gasteiger partial charge in [0.1, 0.15) is 0 Å². The minimum atomic E-state index is 0.248. The lowest BCUT2D eigenvalue weighted by Crippen LogP contribution is -2.31. The van der Waals surface area contributed by atoms with Crippen LogP contribution in [0.4, 0.5) is 0 Å². The van der Waals surface area contributed by atoms with Crippen molar-refractivity contribution < 1.29 is 0 Å². The highest BCUT2D eigenvalue weighted by atomic mass is 14.7. The Balaban J connectivity index is 2.47. The summed E-state index contributed by atoms with van der Waals surface area (Å²) in [6.45, 7) is 6.96. The molecule has 0 heterocycles. The molecule has 0 spiro atoms. The lowest BCUT2D eigenvalue weighted by atomic mass is 9.70. The van der Waals surface area contributed by atoms with Gasteiger partial charge in [-0.05, 0) is 30.6 Å². The summed E-state index contributed by atoms with van der Waals surface area (Å²) in [7, 11) is 0. The number of fused-ring (bicyclic) bond motifs is 2. The van der Waals surface area contributed by atoms with Gasteiger partial charge in [-0.25, -0.2) is 0 Å². The van der Waals surface area contributed by atoms with Gasteiger partial charge in [0.2, 0.25) is 0 Å². The summed E-state index contributed by atoms with van der Waals surface area (Å²) >= 11 is 0. The van der Waals surface area contributed by atoms with Crippen LogP contribution in [0, 0.1) is 22.2 Å². The highest BCUT2D eigenvalue weighted by molar-refractivity contribution is 5.91. The van der Waals surface area contributed by atoms with Crippen molar-refractivity contribution in [2.45, 2.75) is 40.0 Å². The quantitative estimate of drug-likeness (QED) is 0.550. The Morgan fingerprint density at radius 3 is 2.18 bits per heavy atom. The highest BCUT2D eigenvalue weighted by Gasteiger charge is 2.59. The second-order valence-corrected chi connectivity index (χ2v) is 4.97. The molecule has 0 aromatic carbocycles. The van der Waals surface area contributed by atoms with Gasteiger partial charge in [0.25, 0.3) is 0 Å².